The van der Waals surface area contributed by atoms with Crippen LogP contribution in [-0.2, 0) is 0 Å². The molecule has 0 bridgehead atoms. The van der Waals surface area contributed by atoms with Gasteiger partial charge in [-0.2, -0.15) is 4.39 Å². The van der Waals surface area contributed by atoms with Crippen LogP contribution in [0.15, 0.2) is 12.1 Å². The van der Waals surface area contributed by atoms with E-state index in [0.29, 0.717) is 0 Å². The number of rotatable bonds is 1. The van der Waals surface area contributed by atoms with Crippen LogP contribution >= 0.6 is 0 Å². The number of phenols is 1. The van der Waals surface area contributed by atoms with E-state index >= 15 is 0 Å². The van der Waals surface area contributed by atoms with E-state index in [9.17, 15) is 13.9 Å². The lowest BCUT2D eigenvalue weighted by atomic mass is 9.82. The second-order valence-corrected chi connectivity index (χ2v) is 4.64. The van der Waals surface area contributed by atoms with Gasteiger partial charge in [0.05, 0.1) is 0 Å². The summed E-state index contributed by atoms with van der Waals surface area (Å²) in [5.41, 5.74) is 5.73. The number of hydrogen-bond donors (Lipinski definition) is 2. The molecule has 1 atom stereocenters. The van der Waals surface area contributed by atoms with Crippen molar-refractivity contribution in [3.63, 3.8) is 0 Å². The van der Waals surface area contributed by atoms with Gasteiger partial charge in [0.15, 0.2) is 11.6 Å². The summed E-state index contributed by atoms with van der Waals surface area (Å²) in [6.45, 7) is 5.58. The van der Waals surface area contributed by atoms with E-state index in [1.807, 2.05) is 20.8 Å². The van der Waals surface area contributed by atoms with Gasteiger partial charge in [-0.3, -0.25) is 0 Å². The van der Waals surface area contributed by atoms with Crippen LogP contribution < -0.4 is 5.73 Å². The molecule has 0 spiro atoms. The summed E-state index contributed by atoms with van der Waals surface area (Å²) in [6, 6.07) is 1.73. The molecule has 0 saturated carbocycles. The Morgan fingerprint density at radius 2 is 1.80 bits per heavy atom. The first-order valence-corrected chi connectivity index (χ1v) is 4.67. The minimum absolute atomic E-state index is 0.224. The Morgan fingerprint density at radius 3 is 2.27 bits per heavy atom. The van der Waals surface area contributed by atoms with Gasteiger partial charge in [-0.1, -0.05) is 26.8 Å². The van der Waals surface area contributed by atoms with Crippen LogP contribution in [-0.4, -0.2) is 5.11 Å². The maximum absolute atomic E-state index is 13.1. The third kappa shape index (κ3) is 2.26. The first-order chi connectivity index (χ1) is 6.75. The van der Waals surface area contributed by atoms with Crippen molar-refractivity contribution >= 4 is 0 Å². The van der Waals surface area contributed by atoms with Crippen LogP contribution in [0.25, 0.3) is 0 Å². The number of nitrogens with two attached hydrogens (primary N) is 1. The first kappa shape index (κ1) is 11.9. The molecular weight excluding hydrogens is 200 g/mol. The zero-order valence-electron chi connectivity index (χ0n) is 9.01. The fourth-order valence-corrected chi connectivity index (χ4v) is 1.27. The Morgan fingerprint density at radius 1 is 1.27 bits per heavy atom. The van der Waals surface area contributed by atoms with Gasteiger partial charge in [0.25, 0.3) is 0 Å². The second kappa shape index (κ2) is 3.77. The summed E-state index contributed by atoms with van der Waals surface area (Å²) in [5.74, 6) is -3.01. The van der Waals surface area contributed by atoms with Gasteiger partial charge in [-0.15, -0.1) is 0 Å². The van der Waals surface area contributed by atoms with Crippen molar-refractivity contribution in [3.05, 3.63) is 29.3 Å². The van der Waals surface area contributed by atoms with Crippen molar-refractivity contribution in [3.8, 4) is 5.75 Å². The molecule has 4 heteroatoms. The first-order valence-electron chi connectivity index (χ1n) is 4.67. The minimum Gasteiger partial charge on any atom is -0.505 e. The Bertz CT molecular complexity index is 372. The van der Waals surface area contributed by atoms with E-state index in [4.69, 9.17) is 5.73 Å². The molecule has 2 nitrogen and oxygen atoms in total. The highest BCUT2D eigenvalue weighted by Crippen LogP contribution is 2.36. The van der Waals surface area contributed by atoms with Gasteiger partial charge in [-0.25, -0.2) is 4.39 Å². The van der Waals surface area contributed by atoms with Crippen molar-refractivity contribution in [1.29, 1.82) is 0 Å². The molecule has 0 fully saturated rings. The average Bonchev–Trinajstić information content (AvgIpc) is 2.12. The lowest BCUT2D eigenvalue weighted by molar-refractivity contribution is 0.311. The Labute approximate surface area is 87.7 Å². The molecule has 0 aliphatic carbocycles. The van der Waals surface area contributed by atoms with Crippen LogP contribution in [0.4, 0.5) is 8.78 Å². The molecule has 3 N–H and O–H groups in total. The summed E-state index contributed by atoms with van der Waals surface area (Å²) in [5, 5.41) is 9.42. The van der Waals surface area contributed by atoms with Crippen LogP contribution in [0, 0.1) is 17.0 Å². The van der Waals surface area contributed by atoms with Crippen molar-refractivity contribution in [2.75, 3.05) is 0 Å². The second-order valence-electron chi connectivity index (χ2n) is 4.64. The quantitative estimate of drug-likeness (QED) is 0.756. The van der Waals surface area contributed by atoms with Gasteiger partial charge in [0.1, 0.15) is 0 Å². The molecule has 1 rings (SSSR count). The third-order valence-electron chi connectivity index (χ3n) is 2.37. The maximum Gasteiger partial charge on any atom is 0.200 e. The van der Waals surface area contributed by atoms with Crippen molar-refractivity contribution in [1.82, 2.24) is 0 Å². The van der Waals surface area contributed by atoms with E-state index < -0.39 is 23.4 Å². The van der Waals surface area contributed by atoms with Crippen molar-refractivity contribution < 1.29 is 13.9 Å². The third-order valence-corrected chi connectivity index (χ3v) is 2.37. The zero-order chi connectivity index (χ0) is 11.8. The van der Waals surface area contributed by atoms with Crippen LogP contribution in [0.3, 0.4) is 0 Å². The number of hydrogen-bond acceptors (Lipinski definition) is 2. The predicted molar refractivity (Wildman–Crippen MR) is 54.4 cm³/mol. The monoisotopic (exact) mass is 215 g/mol. The highest BCUT2D eigenvalue weighted by atomic mass is 19.2. The fourth-order valence-electron chi connectivity index (χ4n) is 1.27. The molecule has 0 aliphatic rings. The zero-order valence-corrected chi connectivity index (χ0v) is 9.01. The molecule has 0 unspecified atom stereocenters. The molecule has 0 heterocycles. The summed E-state index contributed by atoms with van der Waals surface area (Å²) in [4.78, 5) is 0. The van der Waals surface area contributed by atoms with E-state index in [1.165, 1.54) is 6.07 Å². The Kier molecular flexibility index (Phi) is 3.00. The van der Waals surface area contributed by atoms with Gasteiger partial charge in [0, 0.05) is 11.6 Å². The smallest absolute Gasteiger partial charge is 0.200 e. The molecule has 84 valence electrons. The van der Waals surface area contributed by atoms with Crippen molar-refractivity contribution in [2.45, 2.75) is 26.8 Å². The van der Waals surface area contributed by atoms with Gasteiger partial charge < -0.3 is 10.8 Å². The van der Waals surface area contributed by atoms with Gasteiger partial charge in [0.2, 0.25) is 5.82 Å². The van der Waals surface area contributed by atoms with Gasteiger partial charge >= 0.3 is 0 Å². The lowest BCUT2D eigenvalue weighted by Gasteiger charge is -2.27. The molecule has 0 aromatic heterocycles. The standard InChI is InChI=1S/C11H15F2NO/c1-11(2,3)10(14)6-4-5-7(12)8(13)9(6)15/h4-5,10,15H,14H2,1-3H3/t10-/m1/s1. The van der Waals surface area contributed by atoms with Crippen molar-refractivity contribution in [2.24, 2.45) is 11.1 Å². The largest absolute Gasteiger partial charge is 0.505 e. The number of benzene rings is 1. The molecule has 15 heavy (non-hydrogen) atoms. The van der Waals surface area contributed by atoms with Crippen LogP contribution in [0.2, 0.25) is 0 Å². The Balaban J connectivity index is 3.23. The molecule has 0 aliphatic heterocycles. The highest BCUT2D eigenvalue weighted by Gasteiger charge is 2.26. The molecule has 0 amide bonds. The maximum atomic E-state index is 13.1. The molecule has 0 saturated heterocycles. The van der Waals surface area contributed by atoms with E-state index in [0.717, 1.165) is 6.07 Å². The predicted octanol–water partition coefficient (Wildman–Crippen LogP) is 2.72. The Hall–Kier alpha value is -1.16. The number of halogens is 2. The minimum atomic E-state index is -1.24. The lowest BCUT2D eigenvalue weighted by Crippen LogP contribution is -2.26. The van der Waals surface area contributed by atoms with E-state index in [1.54, 1.807) is 0 Å². The average molecular weight is 215 g/mol. The molecule has 1 aromatic carbocycles. The SMILES string of the molecule is CC(C)(C)[C@H](N)c1ccc(F)c(F)c1O. The van der Waals surface area contributed by atoms with E-state index in [2.05, 4.69) is 0 Å². The van der Waals surface area contributed by atoms with Crippen LogP contribution in [0.1, 0.15) is 32.4 Å². The summed E-state index contributed by atoms with van der Waals surface area (Å²) < 4.78 is 25.8. The summed E-state index contributed by atoms with van der Waals surface area (Å²) in [7, 11) is 0. The summed E-state index contributed by atoms with van der Waals surface area (Å²) >= 11 is 0. The number of aromatic hydroxyl groups is 1. The normalized spacial score (nSPS) is 14.0. The fraction of sp³-hybridized carbons (Fsp3) is 0.455. The topological polar surface area (TPSA) is 46.2 Å². The highest BCUT2D eigenvalue weighted by molar-refractivity contribution is 5.37. The number of phenolic OH excluding ortho intramolecular Hbond substituents is 1. The van der Waals surface area contributed by atoms with Crippen LogP contribution in [0.5, 0.6) is 5.75 Å². The molecular formula is C11H15F2NO. The van der Waals surface area contributed by atoms with E-state index in [-0.39, 0.29) is 11.0 Å². The molecule has 0 radical (unpaired) electrons. The van der Waals surface area contributed by atoms with Gasteiger partial charge in [-0.05, 0) is 11.5 Å². The molecule has 1 aromatic rings. The summed E-state index contributed by atoms with van der Waals surface area (Å²) in [6.07, 6.45) is 0.